The normalized spacial score (nSPS) is 20.8. The van der Waals surface area contributed by atoms with E-state index in [0.717, 1.165) is 43.5 Å². The molecule has 2 saturated heterocycles. The predicted octanol–water partition coefficient (Wildman–Crippen LogP) is 6.21. The zero-order chi connectivity index (χ0) is 29.1. The summed E-state index contributed by atoms with van der Waals surface area (Å²) in [7, 11) is -2.22. The van der Waals surface area contributed by atoms with Crippen molar-refractivity contribution in [2.75, 3.05) is 39.9 Å². The lowest BCUT2D eigenvalue weighted by atomic mass is 9.78. The van der Waals surface area contributed by atoms with Crippen molar-refractivity contribution in [2.45, 2.75) is 76.5 Å². The fraction of sp³-hybridized carbons (Fsp3) is 0.581. The van der Waals surface area contributed by atoms with Crippen LogP contribution in [0.5, 0.6) is 11.5 Å². The summed E-state index contributed by atoms with van der Waals surface area (Å²) in [4.78, 5) is 15.7. The van der Waals surface area contributed by atoms with Gasteiger partial charge >= 0.3 is 0 Å². The largest absolute Gasteiger partial charge is 0.496 e. The first-order valence-electron chi connectivity index (χ1n) is 14.2. The molecule has 0 aromatic heterocycles. The smallest absolute Gasteiger partial charge is 0.243 e. The van der Waals surface area contributed by atoms with Crippen LogP contribution >= 0.6 is 11.6 Å². The Morgan fingerprint density at radius 2 is 1.75 bits per heavy atom. The van der Waals surface area contributed by atoms with Crippen molar-refractivity contribution in [3.63, 3.8) is 0 Å². The molecular weight excluding hydrogens is 548 g/mol. The number of ether oxygens (including phenoxy) is 2. The standard InChI is InChI=1S/C31H43ClN2O5S/c1-23-18-24(10-12-27(23)32)39-22-31(20-29(35)33-15-7-6-8-16-33)14-9-17-34(21-31)40(36,37)25-11-13-28(38-5)26(19-25)30(2,3)4/h10-13,18-19H,6-9,14-17,20-22H2,1-5H3. The Balaban J connectivity index is 1.63. The van der Waals surface area contributed by atoms with E-state index in [1.54, 1.807) is 35.7 Å². The number of piperidine rings is 2. The average Bonchev–Trinajstić information content (AvgIpc) is 2.93. The number of rotatable bonds is 8. The molecule has 1 amide bonds. The highest BCUT2D eigenvalue weighted by Gasteiger charge is 2.43. The number of methoxy groups -OCH3 is 1. The number of likely N-dealkylation sites (tertiary alicyclic amines) is 1. The molecule has 4 rings (SSSR count). The van der Waals surface area contributed by atoms with E-state index in [0.29, 0.717) is 35.9 Å². The Morgan fingerprint density at radius 3 is 2.40 bits per heavy atom. The van der Waals surface area contributed by atoms with Gasteiger partial charge in [0.05, 0.1) is 18.6 Å². The summed E-state index contributed by atoms with van der Waals surface area (Å²) in [6.07, 6.45) is 4.76. The maximum atomic E-state index is 14.0. The molecule has 0 saturated carbocycles. The molecule has 220 valence electrons. The molecule has 0 aliphatic carbocycles. The number of carbonyl (C=O) groups excluding carboxylic acids is 1. The van der Waals surface area contributed by atoms with Crippen LogP contribution in [0.25, 0.3) is 0 Å². The third-order valence-electron chi connectivity index (χ3n) is 8.15. The molecule has 7 nitrogen and oxygen atoms in total. The lowest BCUT2D eigenvalue weighted by Gasteiger charge is -2.42. The van der Waals surface area contributed by atoms with Crippen LogP contribution in [0, 0.1) is 12.3 Å². The minimum atomic E-state index is -3.82. The summed E-state index contributed by atoms with van der Waals surface area (Å²) in [6.45, 7) is 10.4. The van der Waals surface area contributed by atoms with E-state index in [2.05, 4.69) is 0 Å². The highest BCUT2D eigenvalue weighted by molar-refractivity contribution is 7.89. The molecule has 1 unspecified atom stereocenters. The number of benzene rings is 2. The monoisotopic (exact) mass is 590 g/mol. The summed E-state index contributed by atoms with van der Waals surface area (Å²) in [5.74, 6) is 1.41. The molecule has 40 heavy (non-hydrogen) atoms. The summed E-state index contributed by atoms with van der Waals surface area (Å²) in [6, 6.07) is 10.6. The van der Waals surface area contributed by atoms with Crippen molar-refractivity contribution in [3.8, 4) is 11.5 Å². The molecule has 1 atom stereocenters. The zero-order valence-electron chi connectivity index (χ0n) is 24.5. The van der Waals surface area contributed by atoms with Crippen LogP contribution in [0.15, 0.2) is 41.3 Å². The summed E-state index contributed by atoms with van der Waals surface area (Å²) in [5.41, 5.74) is 0.793. The number of amides is 1. The number of nitrogens with zero attached hydrogens (tertiary/aromatic N) is 2. The maximum Gasteiger partial charge on any atom is 0.243 e. The molecule has 2 fully saturated rings. The van der Waals surface area contributed by atoms with Gasteiger partial charge in [0.1, 0.15) is 11.5 Å². The van der Waals surface area contributed by atoms with Gasteiger partial charge < -0.3 is 14.4 Å². The predicted molar refractivity (Wildman–Crippen MR) is 159 cm³/mol. The van der Waals surface area contributed by atoms with Gasteiger partial charge in [0.25, 0.3) is 0 Å². The number of sulfonamides is 1. The van der Waals surface area contributed by atoms with Crippen molar-refractivity contribution in [3.05, 3.63) is 52.5 Å². The minimum absolute atomic E-state index is 0.0781. The van der Waals surface area contributed by atoms with E-state index in [9.17, 15) is 13.2 Å². The summed E-state index contributed by atoms with van der Waals surface area (Å²) >= 11 is 6.21. The van der Waals surface area contributed by atoms with Crippen LogP contribution in [0.3, 0.4) is 0 Å². The van der Waals surface area contributed by atoms with Gasteiger partial charge in [-0.1, -0.05) is 32.4 Å². The van der Waals surface area contributed by atoms with Crippen LogP contribution in [0.4, 0.5) is 0 Å². The van der Waals surface area contributed by atoms with Gasteiger partial charge in [-0.25, -0.2) is 8.42 Å². The Labute approximate surface area is 244 Å². The average molecular weight is 591 g/mol. The Morgan fingerprint density at radius 1 is 1.02 bits per heavy atom. The maximum absolute atomic E-state index is 14.0. The van der Waals surface area contributed by atoms with Crippen molar-refractivity contribution in [2.24, 2.45) is 5.41 Å². The minimum Gasteiger partial charge on any atom is -0.496 e. The molecule has 2 aliphatic heterocycles. The second-order valence-electron chi connectivity index (χ2n) is 12.4. The van der Waals surface area contributed by atoms with Gasteiger partial charge in [0.15, 0.2) is 0 Å². The number of halogens is 1. The summed E-state index contributed by atoms with van der Waals surface area (Å²) < 4.78 is 41.4. The van der Waals surface area contributed by atoms with E-state index in [1.165, 1.54) is 0 Å². The van der Waals surface area contributed by atoms with Crippen molar-refractivity contribution in [1.29, 1.82) is 0 Å². The van der Waals surface area contributed by atoms with Crippen LogP contribution in [-0.4, -0.2) is 63.4 Å². The van der Waals surface area contributed by atoms with Crippen molar-refractivity contribution >= 4 is 27.5 Å². The molecule has 2 aromatic rings. The molecule has 0 bridgehead atoms. The second kappa shape index (κ2) is 12.3. The van der Waals surface area contributed by atoms with E-state index >= 15 is 0 Å². The molecule has 0 radical (unpaired) electrons. The van der Waals surface area contributed by atoms with Gasteiger partial charge in [0, 0.05) is 48.6 Å². The van der Waals surface area contributed by atoms with Gasteiger partial charge in [-0.15, -0.1) is 0 Å². The zero-order valence-corrected chi connectivity index (χ0v) is 26.0. The molecule has 2 heterocycles. The third kappa shape index (κ3) is 6.94. The highest BCUT2D eigenvalue weighted by atomic mass is 35.5. The molecule has 0 spiro atoms. The molecular formula is C31H43ClN2O5S. The van der Waals surface area contributed by atoms with E-state index in [4.69, 9.17) is 21.1 Å². The topological polar surface area (TPSA) is 76.1 Å². The lowest BCUT2D eigenvalue weighted by Crippen LogP contribution is -2.51. The Kier molecular flexibility index (Phi) is 9.42. The first-order chi connectivity index (χ1) is 18.8. The highest BCUT2D eigenvalue weighted by Crippen LogP contribution is 2.39. The SMILES string of the molecule is COc1ccc(S(=O)(=O)N2CCCC(COc3ccc(Cl)c(C)c3)(CC(=O)N3CCCCC3)C2)cc1C(C)(C)C. The number of hydrogen-bond donors (Lipinski definition) is 0. The molecule has 9 heteroatoms. The van der Waals surface area contributed by atoms with Crippen LogP contribution < -0.4 is 9.47 Å². The lowest BCUT2D eigenvalue weighted by molar-refractivity contribution is -0.136. The van der Waals surface area contributed by atoms with E-state index < -0.39 is 15.4 Å². The van der Waals surface area contributed by atoms with Gasteiger partial charge in [0.2, 0.25) is 15.9 Å². The van der Waals surface area contributed by atoms with Gasteiger partial charge in [-0.2, -0.15) is 4.31 Å². The number of aryl methyl sites for hydroxylation is 1. The quantitative estimate of drug-likeness (QED) is 0.365. The fourth-order valence-corrected chi connectivity index (χ4v) is 7.52. The molecule has 2 aromatic carbocycles. The summed E-state index contributed by atoms with van der Waals surface area (Å²) in [5, 5.41) is 0.659. The fourth-order valence-electron chi connectivity index (χ4n) is 5.78. The van der Waals surface area contributed by atoms with Gasteiger partial charge in [-0.05, 0) is 86.4 Å². The molecule has 2 aliphatic rings. The van der Waals surface area contributed by atoms with Gasteiger partial charge in [-0.3, -0.25) is 4.79 Å². The first-order valence-corrected chi connectivity index (χ1v) is 16.0. The third-order valence-corrected chi connectivity index (χ3v) is 10.4. The molecule has 0 N–H and O–H groups in total. The first kappa shape index (κ1) is 30.7. The van der Waals surface area contributed by atoms with E-state index in [-0.39, 0.29) is 35.8 Å². The Bertz CT molecular complexity index is 1320. The van der Waals surface area contributed by atoms with Crippen LogP contribution in [0.1, 0.15) is 70.4 Å². The van der Waals surface area contributed by atoms with Crippen LogP contribution in [-0.2, 0) is 20.2 Å². The van der Waals surface area contributed by atoms with E-state index in [1.807, 2.05) is 44.7 Å². The number of hydrogen-bond acceptors (Lipinski definition) is 5. The Hall–Kier alpha value is -2.29. The second-order valence-corrected chi connectivity index (χ2v) is 14.7. The van der Waals surface area contributed by atoms with Crippen molar-refractivity contribution < 1.29 is 22.7 Å². The van der Waals surface area contributed by atoms with Crippen molar-refractivity contribution in [1.82, 2.24) is 9.21 Å². The van der Waals surface area contributed by atoms with Crippen LogP contribution in [0.2, 0.25) is 5.02 Å². The number of carbonyl (C=O) groups is 1.